The minimum atomic E-state index is 0.105. The maximum atomic E-state index is 13.3. The van der Waals surface area contributed by atoms with Crippen LogP contribution in [0.5, 0.6) is 5.75 Å². The van der Waals surface area contributed by atoms with Gasteiger partial charge in [-0.1, -0.05) is 12.1 Å². The third-order valence-corrected chi connectivity index (χ3v) is 7.39. The second-order valence-corrected chi connectivity index (χ2v) is 9.01. The third-order valence-electron chi connectivity index (χ3n) is 6.62. The lowest BCUT2D eigenvalue weighted by Crippen LogP contribution is -2.60. The SMILES string of the molecule is COc1cccc([C@H]2CN(C(=O)c3csc(C)n3)[C@H]3C4CCN(CC4)[C@@H]23)c1. The lowest BCUT2D eigenvalue weighted by atomic mass is 9.75. The van der Waals surface area contributed by atoms with E-state index in [1.807, 2.05) is 18.4 Å². The average Bonchev–Trinajstić information content (AvgIpc) is 3.34. The zero-order valence-electron chi connectivity index (χ0n) is 15.8. The molecule has 1 amide bonds. The standard InChI is InChI=1S/C21H25N3O2S/c1-13-22-18(12-27-13)21(25)24-11-17(15-4-3-5-16(10-15)26-2)20-19(24)14-6-8-23(20)9-7-14/h3-5,10,12,14,17,19-20H,6-9,11H2,1-2H3/t17-,19+,20+/m1/s1. The first-order valence-electron chi connectivity index (χ1n) is 9.77. The number of likely N-dealkylation sites (tertiary alicyclic amines) is 1. The number of fused-ring (bicyclic) bond motifs is 2. The molecule has 0 spiro atoms. The minimum Gasteiger partial charge on any atom is -0.497 e. The molecule has 142 valence electrons. The van der Waals surface area contributed by atoms with E-state index in [1.54, 1.807) is 18.4 Å². The molecule has 3 atom stereocenters. The van der Waals surface area contributed by atoms with Gasteiger partial charge in [0, 0.05) is 23.9 Å². The zero-order valence-corrected chi connectivity index (χ0v) is 16.6. The number of amides is 1. The molecule has 4 fully saturated rings. The first kappa shape index (κ1) is 17.2. The molecule has 27 heavy (non-hydrogen) atoms. The summed E-state index contributed by atoms with van der Waals surface area (Å²) in [5.41, 5.74) is 1.89. The van der Waals surface area contributed by atoms with Crippen LogP contribution in [0.25, 0.3) is 0 Å². The number of rotatable bonds is 3. The molecule has 4 aliphatic heterocycles. The Bertz CT molecular complexity index is 859. The first-order chi connectivity index (χ1) is 13.2. The van der Waals surface area contributed by atoms with Gasteiger partial charge in [0.25, 0.3) is 5.91 Å². The molecular weight excluding hydrogens is 358 g/mol. The Morgan fingerprint density at radius 1 is 1.26 bits per heavy atom. The highest BCUT2D eigenvalue weighted by atomic mass is 32.1. The Morgan fingerprint density at radius 2 is 2.07 bits per heavy atom. The molecular formula is C21H25N3O2S. The van der Waals surface area contributed by atoms with Gasteiger partial charge in [0.1, 0.15) is 11.4 Å². The fourth-order valence-corrected chi connectivity index (χ4v) is 6.02. The van der Waals surface area contributed by atoms with Crippen LogP contribution in [0, 0.1) is 12.8 Å². The number of benzene rings is 1. The van der Waals surface area contributed by atoms with Crippen LogP contribution < -0.4 is 4.74 Å². The number of methoxy groups -OCH3 is 1. The maximum absolute atomic E-state index is 13.3. The quantitative estimate of drug-likeness (QED) is 0.817. The second kappa shape index (κ2) is 6.60. The van der Waals surface area contributed by atoms with Crippen LogP contribution >= 0.6 is 11.3 Å². The summed E-state index contributed by atoms with van der Waals surface area (Å²) in [6.45, 7) is 5.04. The van der Waals surface area contributed by atoms with Crippen molar-refractivity contribution in [3.8, 4) is 5.75 Å². The summed E-state index contributed by atoms with van der Waals surface area (Å²) in [5.74, 6) is 1.93. The van der Waals surface area contributed by atoms with Crippen LogP contribution in [0.3, 0.4) is 0 Å². The van der Waals surface area contributed by atoms with Crippen LogP contribution in [0.4, 0.5) is 0 Å². The van der Waals surface area contributed by atoms with Gasteiger partial charge in [-0.15, -0.1) is 11.3 Å². The number of aromatic nitrogens is 1. The number of ether oxygens (including phenoxy) is 1. The predicted molar refractivity (Wildman–Crippen MR) is 105 cm³/mol. The molecule has 1 aromatic carbocycles. The Kier molecular flexibility index (Phi) is 4.20. The number of aryl methyl sites for hydroxylation is 1. The summed E-state index contributed by atoms with van der Waals surface area (Å²) in [6.07, 6.45) is 2.40. The summed E-state index contributed by atoms with van der Waals surface area (Å²) in [7, 11) is 1.71. The monoisotopic (exact) mass is 383 g/mol. The molecule has 0 saturated carbocycles. The Hall–Kier alpha value is -1.92. The fraction of sp³-hybridized carbons (Fsp3) is 0.524. The number of hydrogen-bond donors (Lipinski definition) is 0. The van der Waals surface area contributed by atoms with Crippen LogP contribution in [0.1, 0.15) is 39.8 Å². The summed E-state index contributed by atoms with van der Waals surface area (Å²) < 4.78 is 5.46. The second-order valence-electron chi connectivity index (χ2n) is 7.95. The molecule has 2 bridgehead atoms. The van der Waals surface area contributed by atoms with E-state index in [0.717, 1.165) is 30.4 Å². The van der Waals surface area contributed by atoms with Gasteiger partial charge >= 0.3 is 0 Å². The van der Waals surface area contributed by atoms with Gasteiger partial charge < -0.3 is 9.64 Å². The topological polar surface area (TPSA) is 45.7 Å². The molecule has 6 heteroatoms. The highest BCUT2D eigenvalue weighted by Gasteiger charge is 2.54. The Labute approximate surface area is 164 Å². The largest absolute Gasteiger partial charge is 0.497 e. The van der Waals surface area contributed by atoms with Crippen molar-refractivity contribution in [1.82, 2.24) is 14.8 Å². The van der Waals surface area contributed by atoms with E-state index in [0.29, 0.717) is 29.6 Å². The predicted octanol–water partition coefficient (Wildman–Crippen LogP) is 3.16. The molecule has 0 aliphatic carbocycles. The molecule has 0 radical (unpaired) electrons. The normalized spacial score (nSPS) is 31.8. The molecule has 6 rings (SSSR count). The van der Waals surface area contributed by atoms with Gasteiger partial charge in [0.05, 0.1) is 18.2 Å². The lowest BCUT2D eigenvalue weighted by molar-refractivity contribution is -0.00357. The van der Waals surface area contributed by atoms with Crippen molar-refractivity contribution in [2.24, 2.45) is 5.92 Å². The molecule has 0 unspecified atom stereocenters. The summed E-state index contributed by atoms with van der Waals surface area (Å²) in [5, 5.41) is 2.86. The van der Waals surface area contributed by atoms with Crippen molar-refractivity contribution in [2.75, 3.05) is 26.7 Å². The highest BCUT2D eigenvalue weighted by molar-refractivity contribution is 7.09. The number of nitrogens with zero attached hydrogens (tertiary/aromatic N) is 3. The first-order valence-corrected chi connectivity index (χ1v) is 10.6. The molecule has 4 aliphatic rings. The van der Waals surface area contributed by atoms with E-state index < -0.39 is 0 Å². The van der Waals surface area contributed by atoms with Crippen LogP contribution in [0.15, 0.2) is 29.6 Å². The smallest absolute Gasteiger partial charge is 0.273 e. The number of thiazole rings is 1. The molecule has 4 saturated heterocycles. The van der Waals surface area contributed by atoms with Gasteiger partial charge in [-0.25, -0.2) is 4.98 Å². The van der Waals surface area contributed by atoms with Crippen LogP contribution in [-0.4, -0.2) is 59.5 Å². The Morgan fingerprint density at radius 3 is 2.78 bits per heavy atom. The molecule has 2 aromatic rings. The fourth-order valence-electron chi connectivity index (χ4n) is 5.43. The summed E-state index contributed by atoms with van der Waals surface area (Å²) >= 11 is 1.55. The van der Waals surface area contributed by atoms with Crippen molar-refractivity contribution >= 4 is 17.2 Å². The van der Waals surface area contributed by atoms with Gasteiger partial charge in [0.2, 0.25) is 0 Å². The van der Waals surface area contributed by atoms with Crippen molar-refractivity contribution in [3.05, 3.63) is 45.9 Å². The van der Waals surface area contributed by atoms with E-state index in [-0.39, 0.29) is 5.91 Å². The zero-order chi connectivity index (χ0) is 18.5. The van der Waals surface area contributed by atoms with Gasteiger partial charge in [-0.2, -0.15) is 0 Å². The Balaban J connectivity index is 1.52. The van der Waals surface area contributed by atoms with E-state index in [4.69, 9.17) is 4.74 Å². The van der Waals surface area contributed by atoms with Crippen molar-refractivity contribution < 1.29 is 9.53 Å². The lowest BCUT2D eigenvalue weighted by Gasteiger charge is -2.51. The number of carbonyl (C=O) groups is 1. The number of carbonyl (C=O) groups excluding carboxylic acids is 1. The van der Waals surface area contributed by atoms with Gasteiger partial charge in [-0.3, -0.25) is 9.69 Å². The van der Waals surface area contributed by atoms with Gasteiger partial charge in [-0.05, 0) is 56.5 Å². The molecule has 0 N–H and O–H groups in total. The number of piperidine rings is 3. The van der Waals surface area contributed by atoms with Crippen LogP contribution in [-0.2, 0) is 0 Å². The molecule has 1 aromatic heterocycles. The third kappa shape index (κ3) is 2.77. The van der Waals surface area contributed by atoms with Crippen LogP contribution in [0.2, 0.25) is 0 Å². The van der Waals surface area contributed by atoms with Crippen molar-refractivity contribution in [1.29, 1.82) is 0 Å². The van der Waals surface area contributed by atoms with E-state index in [2.05, 4.69) is 33.0 Å². The number of hydrogen-bond acceptors (Lipinski definition) is 5. The molecule has 5 heterocycles. The summed E-state index contributed by atoms with van der Waals surface area (Å²) in [6, 6.07) is 9.10. The van der Waals surface area contributed by atoms with E-state index >= 15 is 0 Å². The van der Waals surface area contributed by atoms with E-state index in [9.17, 15) is 4.79 Å². The summed E-state index contributed by atoms with van der Waals surface area (Å²) in [4.78, 5) is 22.5. The minimum absolute atomic E-state index is 0.105. The van der Waals surface area contributed by atoms with Crippen molar-refractivity contribution in [2.45, 2.75) is 37.8 Å². The molecule has 5 nitrogen and oxygen atoms in total. The highest BCUT2D eigenvalue weighted by Crippen LogP contribution is 2.47. The van der Waals surface area contributed by atoms with E-state index in [1.165, 1.54) is 18.4 Å². The maximum Gasteiger partial charge on any atom is 0.273 e. The van der Waals surface area contributed by atoms with Gasteiger partial charge in [0.15, 0.2) is 0 Å². The average molecular weight is 384 g/mol. The van der Waals surface area contributed by atoms with Crippen molar-refractivity contribution in [3.63, 3.8) is 0 Å².